The number of carboxylic acids is 1. The zero-order chi connectivity index (χ0) is 24.8. The molecule has 1 amide bonds. The molecule has 4 rings (SSSR count). The van der Waals surface area contributed by atoms with E-state index in [1.165, 1.54) is 0 Å². The van der Waals surface area contributed by atoms with E-state index in [9.17, 15) is 9.59 Å². The van der Waals surface area contributed by atoms with Crippen molar-refractivity contribution in [1.29, 1.82) is 0 Å². The quantitative estimate of drug-likeness (QED) is 0.325. The standard InChI is InChI=1S/C28H26N2O5/c1-18-5-3-4-6-21(18)15-16-34-28(33)29-26-19(2)30-35-27(26)24-13-11-23(12-14-24)22-9-7-20(8-10-22)17-25(31)32/h3-14H,15-17H2,1-2H3,(H,29,33)(H,31,32). The Morgan fingerprint density at radius 1 is 0.914 bits per heavy atom. The largest absolute Gasteiger partial charge is 0.481 e. The molecule has 0 saturated carbocycles. The number of hydrogen-bond donors (Lipinski definition) is 2. The number of nitrogens with zero attached hydrogens (tertiary/aromatic N) is 1. The third-order valence-corrected chi connectivity index (χ3v) is 5.75. The van der Waals surface area contributed by atoms with E-state index in [0.29, 0.717) is 23.6 Å². The summed E-state index contributed by atoms with van der Waals surface area (Å²) in [6.45, 7) is 4.04. The number of carboxylic acid groups (broad SMARTS) is 1. The van der Waals surface area contributed by atoms with Crippen LogP contribution >= 0.6 is 0 Å². The van der Waals surface area contributed by atoms with Crippen molar-refractivity contribution < 1.29 is 24.0 Å². The molecule has 7 nitrogen and oxygen atoms in total. The highest BCUT2D eigenvalue weighted by Crippen LogP contribution is 2.32. The predicted molar refractivity (Wildman–Crippen MR) is 133 cm³/mol. The summed E-state index contributed by atoms with van der Waals surface area (Å²) in [6, 6.07) is 23.0. The fourth-order valence-electron chi connectivity index (χ4n) is 3.80. The lowest BCUT2D eigenvalue weighted by molar-refractivity contribution is -0.136. The molecule has 0 atom stereocenters. The van der Waals surface area contributed by atoms with Crippen molar-refractivity contribution in [3.8, 4) is 22.5 Å². The van der Waals surface area contributed by atoms with Crippen molar-refractivity contribution in [1.82, 2.24) is 5.16 Å². The Morgan fingerprint density at radius 3 is 2.20 bits per heavy atom. The number of nitrogens with one attached hydrogen (secondary N) is 1. The Kier molecular flexibility index (Phi) is 7.26. The van der Waals surface area contributed by atoms with E-state index in [4.69, 9.17) is 14.4 Å². The van der Waals surface area contributed by atoms with Gasteiger partial charge >= 0.3 is 12.1 Å². The van der Waals surface area contributed by atoms with Gasteiger partial charge < -0.3 is 14.4 Å². The first-order valence-electron chi connectivity index (χ1n) is 11.3. The van der Waals surface area contributed by atoms with Crippen LogP contribution in [0.3, 0.4) is 0 Å². The van der Waals surface area contributed by atoms with Gasteiger partial charge in [-0.3, -0.25) is 10.1 Å². The first kappa shape index (κ1) is 23.8. The average molecular weight is 471 g/mol. The summed E-state index contributed by atoms with van der Waals surface area (Å²) in [6.07, 6.45) is 0.0619. The van der Waals surface area contributed by atoms with Gasteiger partial charge in [0.05, 0.1) is 13.0 Å². The number of aryl methyl sites for hydroxylation is 2. The van der Waals surface area contributed by atoms with Crippen LogP contribution < -0.4 is 5.32 Å². The van der Waals surface area contributed by atoms with Gasteiger partial charge in [-0.05, 0) is 41.7 Å². The molecule has 0 radical (unpaired) electrons. The van der Waals surface area contributed by atoms with Crippen LogP contribution in [-0.2, 0) is 22.4 Å². The minimum Gasteiger partial charge on any atom is -0.481 e. The molecule has 1 aromatic heterocycles. The number of benzene rings is 3. The molecule has 178 valence electrons. The number of carbonyl (C=O) groups is 2. The number of amides is 1. The highest BCUT2D eigenvalue weighted by atomic mass is 16.5. The molecule has 0 aliphatic carbocycles. The molecule has 2 N–H and O–H groups in total. The summed E-state index contributed by atoms with van der Waals surface area (Å²) in [7, 11) is 0. The van der Waals surface area contributed by atoms with Crippen molar-refractivity contribution in [3.63, 3.8) is 0 Å². The van der Waals surface area contributed by atoms with Crippen LogP contribution in [0.1, 0.15) is 22.4 Å². The first-order valence-corrected chi connectivity index (χ1v) is 11.3. The minimum absolute atomic E-state index is 0.00578. The number of carbonyl (C=O) groups excluding carboxylic acids is 1. The number of rotatable bonds is 8. The molecule has 0 aliphatic rings. The first-order chi connectivity index (χ1) is 16.9. The Bertz CT molecular complexity index is 1320. The van der Waals surface area contributed by atoms with Gasteiger partial charge in [-0.25, -0.2) is 4.79 Å². The van der Waals surface area contributed by atoms with Crippen LogP contribution in [0.15, 0.2) is 77.3 Å². The number of hydrogen-bond acceptors (Lipinski definition) is 5. The number of ether oxygens (including phenoxy) is 1. The van der Waals surface area contributed by atoms with Crippen LogP contribution in [0, 0.1) is 13.8 Å². The Hall–Kier alpha value is -4.39. The van der Waals surface area contributed by atoms with Crippen molar-refractivity contribution in [2.75, 3.05) is 11.9 Å². The maximum atomic E-state index is 12.4. The van der Waals surface area contributed by atoms with Gasteiger partial charge in [0.1, 0.15) is 11.4 Å². The van der Waals surface area contributed by atoms with Crippen LogP contribution in [0.4, 0.5) is 10.5 Å². The smallest absolute Gasteiger partial charge is 0.411 e. The molecule has 35 heavy (non-hydrogen) atoms. The summed E-state index contributed by atoms with van der Waals surface area (Å²) < 4.78 is 10.9. The lowest BCUT2D eigenvalue weighted by Gasteiger charge is -2.09. The maximum absolute atomic E-state index is 12.4. The molecule has 0 aliphatic heterocycles. The molecule has 4 aromatic rings. The minimum atomic E-state index is -0.857. The second-order valence-electron chi connectivity index (χ2n) is 8.25. The topological polar surface area (TPSA) is 102 Å². The van der Waals surface area contributed by atoms with Crippen molar-refractivity contribution >= 4 is 17.7 Å². The SMILES string of the molecule is Cc1ccccc1CCOC(=O)Nc1c(C)noc1-c1ccc(-c2ccc(CC(=O)O)cc2)cc1. The molecule has 7 heteroatoms. The summed E-state index contributed by atoms with van der Waals surface area (Å²) in [5.41, 5.74) is 6.76. The van der Waals surface area contributed by atoms with Crippen LogP contribution in [0.5, 0.6) is 0 Å². The Balaban J connectivity index is 1.41. The molecule has 0 bridgehead atoms. The molecule has 1 heterocycles. The fourth-order valence-corrected chi connectivity index (χ4v) is 3.80. The van der Waals surface area contributed by atoms with Gasteiger partial charge in [0.25, 0.3) is 0 Å². The normalized spacial score (nSPS) is 10.7. The van der Waals surface area contributed by atoms with Crippen LogP contribution in [0.25, 0.3) is 22.5 Å². The van der Waals surface area contributed by atoms with Crippen molar-refractivity contribution in [2.45, 2.75) is 26.7 Å². The van der Waals surface area contributed by atoms with E-state index < -0.39 is 12.1 Å². The molecular weight excluding hydrogens is 444 g/mol. The summed E-state index contributed by atoms with van der Waals surface area (Å²) in [5, 5.41) is 15.7. The van der Waals surface area contributed by atoms with Gasteiger partial charge in [0, 0.05) is 12.0 Å². The summed E-state index contributed by atoms with van der Waals surface area (Å²) in [5.74, 6) is -0.411. The average Bonchev–Trinajstić information content (AvgIpc) is 3.20. The van der Waals surface area contributed by atoms with E-state index in [1.54, 1.807) is 6.92 Å². The zero-order valence-electron chi connectivity index (χ0n) is 19.6. The van der Waals surface area contributed by atoms with Crippen molar-refractivity contribution in [2.24, 2.45) is 0 Å². The van der Waals surface area contributed by atoms with E-state index in [1.807, 2.05) is 79.7 Å². The number of aromatic nitrogens is 1. The number of anilines is 1. The third kappa shape index (κ3) is 5.95. The second-order valence-corrected chi connectivity index (χ2v) is 8.25. The monoisotopic (exact) mass is 470 g/mol. The highest BCUT2D eigenvalue weighted by Gasteiger charge is 2.18. The Labute approximate surface area is 203 Å². The molecular formula is C28H26N2O5. The van der Waals surface area contributed by atoms with Crippen LogP contribution in [-0.4, -0.2) is 28.9 Å². The zero-order valence-corrected chi connectivity index (χ0v) is 19.6. The van der Waals surface area contributed by atoms with Gasteiger partial charge in [-0.2, -0.15) is 0 Å². The second kappa shape index (κ2) is 10.7. The molecule has 0 unspecified atom stereocenters. The maximum Gasteiger partial charge on any atom is 0.411 e. The fraction of sp³-hybridized carbons (Fsp3) is 0.179. The highest BCUT2D eigenvalue weighted by molar-refractivity contribution is 5.91. The Morgan fingerprint density at radius 2 is 1.54 bits per heavy atom. The summed E-state index contributed by atoms with van der Waals surface area (Å²) >= 11 is 0. The van der Waals surface area contributed by atoms with Gasteiger partial charge in [0.2, 0.25) is 0 Å². The summed E-state index contributed by atoms with van der Waals surface area (Å²) in [4.78, 5) is 23.3. The van der Waals surface area contributed by atoms with E-state index >= 15 is 0 Å². The lowest BCUT2D eigenvalue weighted by Crippen LogP contribution is -2.16. The predicted octanol–water partition coefficient (Wildman–Crippen LogP) is 6.04. The van der Waals surface area contributed by atoms with E-state index in [-0.39, 0.29) is 13.0 Å². The number of aliphatic carboxylic acids is 1. The van der Waals surface area contributed by atoms with Gasteiger partial charge in [0.15, 0.2) is 5.76 Å². The van der Waals surface area contributed by atoms with Gasteiger partial charge in [-0.1, -0.05) is 78.0 Å². The molecule has 0 saturated heterocycles. The third-order valence-electron chi connectivity index (χ3n) is 5.75. The van der Waals surface area contributed by atoms with Gasteiger partial charge in [-0.15, -0.1) is 0 Å². The van der Waals surface area contributed by atoms with E-state index in [2.05, 4.69) is 10.5 Å². The van der Waals surface area contributed by atoms with E-state index in [0.717, 1.165) is 33.4 Å². The lowest BCUT2D eigenvalue weighted by atomic mass is 10.0. The van der Waals surface area contributed by atoms with Crippen molar-refractivity contribution in [3.05, 3.63) is 95.2 Å². The molecule has 0 fully saturated rings. The van der Waals surface area contributed by atoms with Crippen LogP contribution in [0.2, 0.25) is 0 Å². The molecule has 3 aromatic carbocycles. The molecule has 0 spiro atoms.